The number of rotatable bonds is 5. The third kappa shape index (κ3) is 3.60. The molecule has 5 nitrogen and oxygen atoms in total. The second-order valence-electron chi connectivity index (χ2n) is 6.27. The Bertz CT molecular complexity index is 1090. The van der Waals surface area contributed by atoms with E-state index in [1.165, 1.54) is 19.4 Å². The Morgan fingerprint density at radius 2 is 1.74 bits per heavy atom. The van der Waals surface area contributed by atoms with Gasteiger partial charge in [-0.1, -0.05) is 18.2 Å². The molecule has 0 unspecified atom stereocenters. The normalized spacial score (nSPS) is 11.6. The number of ether oxygens (including phenoxy) is 1. The highest BCUT2D eigenvalue weighted by Crippen LogP contribution is 2.36. The van der Waals surface area contributed by atoms with Crippen molar-refractivity contribution in [1.29, 1.82) is 0 Å². The Kier molecular flexibility index (Phi) is 5.06. The van der Waals surface area contributed by atoms with Crippen LogP contribution in [0.25, 0.3) is 22.4 Å². The summed E-state index contributed by atoms with van der Waals surface area (Å²) in [4.78, 5) is 0.245. The largest absolute Gasteiger partial charge is 0.494 e. The Labute approximate surface area is 158 Å². The highest BCUT2D eigenvalue weighted by Gasteiger charge is 2.19. The summed E-state index contributed by atoms with van der Waals surface area (Å²) < 4.78 is 44.5. The lowest BCUT2D eigenvalue weighted by Gasteiger charge is -2.08. The van der Waals surface area contributed by atoms with Crippen LogP contribution < -0.4 is 4.74 Å². The molecule has 27 heavy (non-hydrogen) atoms. The molecular weight excluding hydrogens is 367 g/mol. The second kappa shape index (κ2) is 7.15. The molecule has 0 saturated carbocycles. The molecule has 0 aliphatic rings. The molecule has 142 valence electrons. The number of sulfone groups is 1. The van der Waals surface area contributed by atoms with E-state index in [9.17, 15) is 12.8 Å². The van der Waals surface area contributed by atoms with E-state index in [4.69, 9.17) is 4.74 Å². The topological polar surface area (TPSA) is 61.2 Å². The minimum absolute atomic E-state index is 0.179. The maximum absolute atomic E-state index is 14.3. The van der Waals surface area contributed by atoms with Crippen molar-refractivity contribution in [2.75, 3.05) is 13.4 Å². The van der Waals surface area contributed by atoms with Gasteiger partial charge in [0.2, 0.25) is 0 Å². The second-order valence-corrected chi connectivity index (χ2v) is 8.29. The van der Waals surface area contributed by atoms with E-state index in [0.717, 1.165) is 16.8 Å². The van der Waals surface area contributed by atoms with Crippen molar-refractivity contribution in [3.8, 4) is 28.1 Å². The van der Waals surface area contributed by atoms with Crippen molar-refractivity contribution >= 4 is 9.84 Å². The first-order valence-electron chi connectivity index (χ1n) is 8.48. The highest BCUT2D eigenvalue weighted by atomic mass is 32.2. The molecule has 7 heteroatoms. The van der Waals surface area contributed by atoms with Crippen molar-refractivity contribution in [3.05, 3.63) is 54.0 Å². The zero-order chi connectivity index (χ0) is 19.8. The van der Waals surface area contributed by atoms with Gasteiger partial charge in [0.05, 0.1) is 12.0 Å². The fraction of sp³-hybridized carbons (Fsp3) is 0.250. The van der Waals surface area contributed by atoms with Crippen LogP contribution in [-0.4, -0.2) is 31.6 Å². The fourth-order valence-corrected chi connectivity index (χ4v) is 3.71. The van der Waals surface area contributed by atoms with E-state index in [1.54, 1.807) is 36.4 Å². The van der Waals surface area contributed by atoms with Crippen LogP contribution in [0.5, 0.6) is 5.75 Å². The van der Waals surface area contributed by atoms with Crippen LogP contribution in [0.1, 0.15) is 12.6 Å². The van der Waals surface area contributed by atoms with Crippen molar-refractivity contribution in [3.63, 3.8) is 0 Å². The molecule has 3 aromatic rings. The smallest absolute Gasteiger partial charge is 0.175 e. The van der Waals surface area contributed by atoms with Crippen molar-refractivity contribution in [1.82, 2.24) is 9.78 Å². The molecule has 1 heterocycles. The molecule has 3 rings (SSSR count). The molecule has 0 aliphatic heterocycles. The number of aromatic nitrogens is 2. The van der Waals surface area contributed by atoms with Crippen LogP contribution in [0, 0.1) is 12.7 Å². The number of benzene rings is 2. The average Bonchev–Trinajstić information content (AvgIpc) is 2.97. The van der Waals surface area contributed by atoms with Gasteiger partial charge in [-0.25, -0.2) is 12.8 Å². The summed E-state index contributed by atoms with van der Waals surface area (Å²) in [6, 6.07) is 11.4. The molecule has 0 atom stereocenters. The maximum Gasteiger partial charge on any atom is 0.175 e. The molecular formula is C20H21FN2O3S. The maximum atomic E-state index is 14.3. The van der Waals surface area contributed by atoms with E-state index in [0.29, 0.717) is 17.8 Å². The molecule has 0 fully saturated rings. The molecule has 0 bridgehead atoms. The van der Waals surface area contributed by atoms with E-state index >= 15 is 0 Å². The average molecular weight is 388 g/mol. The number of methoxy groups -OCH3 is 1. The predicted octanol–water partition coefficient (Wildman–Crippen LogP) is 4.10. The lowest BCUT2D eigenvalue weighted by molar-refractivity contribution is 0.386. The Balaban J connectivity index is 2.18. The molecule has 0 aliphatic carbocycles. The van der Waals surface area contributed by atoms with E-state index < -0.39 is 15.7 Å². The van der Waals surface area contributed by atoms with Gasteiger partial charge in [0.15, 0.2) is 21.4 Å². The molecule has 0 saturated heterocycles. The van der Waals surface area contributed by atoms with Gasteiger partial charge in [-0.05, 0) is 43.7 Å². The number of hydrogen-bond donors (Lipinski definition) is 0. The van der Waals surface area contributed by atoms with Crippen LogP contribution in [0.15, 0.2) is 47.4 Å². The SMILES string of the molecule is CCn1nc(-c2ccc(S(C)(=O)=O)cc2)c(-c2ccc(OC)c(F)c2)c1C. The van der Waals surface area contributed by atoms with Gasteiger partial charge < -0.3 is 4.74 Å². The van der Waals surface area contributed by atoms with Crippen LogP contribution in [-0.2, 0) is 16.4 Å². The van der Waals surface area contributed by atoms with Gasteiger partial charge >= 0.3 is 0 Å². The molecule has 0 spiro atoms. The summed E-state index contributed by atoms with van der Waals surface area (Å²) in [5.41, 5.74) is 3.85. The van der Waals surface area contributed by atoms with Gasteiger partial charge in [0, 0.05) is 29.6 Å². The Hall–Kier alpha value is -2.67. The minimum atomic E-state index is -3.27. The monoisotopic (exact) mass is 388 g/mol. The Morgan fingerprint density at radius 1 is 1.11 bits per heavy atom. The lowest BCUT2D eigenvalue weighted by atomic mass is 9.99. The summed E-state index contributed by atoms with van der Waals surface area (Å²) in [5.74, 6) is -0.268. The first-order chi connectivity index (χ1) is 12.8. The van der Waals surface area contributed by atoms with Crippen molar-refractivity contribution in [2.45, 2.75) is 25.3 Å². The van der Waals surface area contributed by atoms with Crippen LogP contribution in [0.3, 0.4) is 0 Å². The summed E-state index contributed by atoms with van der Waals surface area (Å²) in [6.45, 7) is 4.58. The van der Waals surface area contributed by atoms with Crippen LogP contribution in [0.2, 0.25) is 0 Å². The first kappa shape index (κ1) is 19.1. The van der Waals surface area contributed by atoms with Crippen molar-refractivity contribution < 1.29 is 17.5 Å². The third-order valence-corrected chi connectivity index (χ3v) is 5.63. The third-order valence-electron chi connectivity index (χ3n) is 4.50. The molecule has 1 aromatic heterocycles. The molecule has 2 aromatic carbocycles. The van der Waals surface area contributed by atoms with Gasteiger partial charge in [-0.15, -0.1) is 0 Å². The van der Waals surface area contributed by atoms with Crippen LogP contribution >= 0.6 is 0 Å². The fourth-order valence-electron chi connectivity index (χ4n) is 3.08. The summed E-state index contributed by atoms with van der Waals surface area (Å²) in [7, 11) is -1.85. The molecule has 0 radical (unpaired) electrons. The van der Waals surface area contributed by atoms with Gasteiger partial charge in [0.25, 0.3) is 0 Å². The van der Waals surface area contributed by atoms with Crippen molar-refractivity contribution in [2.24, 2.45) is 0 Å². The van der Waals surface area contributed by atoms with E-state index in [1.807, 2.05) is 18.5 Å². The highest BCUT2D eigenvalue weighted by molar-refractivity contribution is 7.90. The number of hydrogen-bond acceptors (Lipinski definition) is 4. The zero-order valence-electron chi connectivity index (χ0n) is 15.7. The first-order valence-corrected chi connectivity index (χ1v) is 10.4. The molecule has 0 amide bonds. The molecule has 0 N–H and O–H groups in total. The standard InChI is InChI=1S/C20H21FN2O3S/c1-5-23-13(2)19(15-8-11-18(26-3)17(21)12-15)20(22-23)14-6-9-16(10-7-14)27(4,24)25/h6-12H,5H2,1-4H3. The summed E-state index contributed by atoms with van der Waals surface area (Å²) in [6.07, 6.45) is 1.17. The van der Waals surface area contributed by atoms with E-state index in [2.05, 4.69) is 5.10 Å². The lowest BCUT2D eigenvalue weighted by Crippen LogP contribution is -1.99. The van der Waals surface area contributed by atoms with Crippen LogP contribution in [0.4, 0.5) is 4.39 Å². The van der Waals surface area contributed by atoms with Gasteiger partial charge in [-0.3, -0.25) is 4.68 Å². The minimum Gasteiger partial charge on any atom is -0.494 e. The number of aryl methyl sites for hydroxylation is 1. The quantitative estimate of drug-likeness (QED) is 0.660. The Morgan fingerprint density at radius 3 is 2.26 bits per heavy atom. The van der Waals surface area contributed by atoms with Gasteiger partial charge in [-0.2, -0.15) is 5.10 Å². The summed E-state index contributed by atoms with van der Waals surface area (Å²) >= 11 is 0. The number of halogens is 1. The van der Waals surface area contributed by atoms with Gasteiger partial charge in [0.1, 0.15) is 5.69 Å². The number of nitrogens with zero attached hydrogens (tertiary/aromatic N) is 2. The van der Waals surface area contributed by atoms with E-state index in [-0.39, 0.29) is 10.6 Å². The predicted molar refractivity (Wildman–Crippen MR) is 103 cm³/mol. The zero-order valence-corrected chi connectivity index (χ0v) is 16.5. The summed E-state index contributed by atoms with van der Waals surface area (Å²) in [5, 5.41) is 4.65.